The van der Waals surface area contributed by atoms with Gasteiger partial charge in [0.25, 0.3) is 0 Å². The van der Waals surface area contributed by atoms with Crippen molar-refractivity contribution in [3.63, 3.8) is 0 Å². The number of halogens is 4. The number of rotatable bonds is 7. The Bertz CT molecular complexity index is 542. The molecule has 0 aliphatic heterocycles. The third kappa shape index (κ3) is 5.43. The van der Waals surface area contributed by atoms with E-state index in [0.29, 0.717) is 12.3 Å². The van der Waals surface area contributed by atoms with E-state index in [1.807, 2.05) is 0 Å². The van der Waals surface area contributed by atoms with Crippen LogP contribution in [0, 0.1) is 0 Å². The molecule has 0 aliphatic carbocycles. The summed E-state index contributed by atoms with van der Waals surface area (Å²) < 4.78 is 66.9. The van der Waals surface area contributed by atoms with Gasteiger partial charge in [0, 0.05) is 19.0 Å². The van der Waals surface area contributed by atoms with Crippen LogP contribution in [0.15, 0.2) is 20.0 Å². The molecule has 0 amide bonds. The van der Waals surface area contributed by atoms with Crippen LogP contribution in [-0.4, -0.2) is 28.2 Å². The van der Waals surface area contributed by atoms with Gasteiger partial charge in [-0.25, -0.2) is 13.1 Å². The van der Waals surface area contributed by atoms with E-state index >= 15 is 0 Å². The van der Waals surface area contributed by atoms with E-state index in [1.54, 1.807) is 7.05 Å². The third-order valence-corrected chi connectivity index (χ3v) is 4.59. The monoisotopic (exact) mass is 378 g/mol. The summed E-state index contributed by atoms with van der Waals surface area (Å²) in [5, 5.41) is 2.79. The first-order valence-electron chi connectivity index (χ1n) is 5.65. The van der Waals surface area contributed by atoms with Crippen LogP contribution in [0.25, 0.3) is 0 Å². The van der Waals surface area contributed by atoms with Crippen LogP contribution in [0.4, 0.5) is 13.2 Å². The maximum Gasteiger partial charge on any atom is 0.389 e. The Labute approximate surface area is 123 Å². The van der Waals surface area contributed by atoms with Crippen LogP contribution in [0.1, 0.15) is 18.6 Å². The normalized spacial score (nSPS) is 12.8. The van der Waals surface area contributed by atoms with E-state index < -0.39 is 22.6 Å². The Kier molecular flexibility index (Phi) is 6.05. The standard InChI is InChI=1S/C10H14BrF3N2O3S/c1-15-6-7-5-8(9(11)19-7)20(17,18)16-4-2-3-10(12,13)14/h5,15-16H,2-4,6H2,1H3. The van der Waals surface area contributed by atoms with Crippen molar-refractivity contribution in [1.82, 2.24) is 10.0 Å². The molecule has 0 unspecified atom stereocenters. The van der Waals surface area contributed by atoms with Crippen LogP contribution >= 0.6 is 15.9 Å². The average molecular weight is 379 g/mol. The molecule has 0 saturated carbocycles. The van der Waals surface area contributed by atoms with Crippen molar-refractivity contribution in [1.29, 1.82) is 0 Å². The van der Waals surface area contributed by atoms with E-state index in [-0.39, 0.29) is 22.5 Å². The van der Waals surface area contributed by atoms with Gasteiger partial charge < -0.3 is 9.73 Å². The lowest BCUT2D eigenvalue weighted by Crippen LogP contribution is -2.25. The molecule has 0 aromatic carbocycles. The predicted molar refractivity (Wildman–Crippen MR) is 69.6 cm³/mol. The van der Waals surface area contributed by atoms with Gasteiger partial charge in [0.05, 0.1) is 6.54 Å². The van der Waals surface area contributed by atoms with Crippen molar-refractivity contribution in [3.05, 3.63) is 16.5 Å². The van der Waals surface area contributed by atoms with Gasteiger partial charge in [-0.05, 0) is 29.4 Å². The van der Waals surface area contributed by atoms with Crippen molar-refractivity contribution in [2.45, 2.75) is 30.5 Å². The first-order chi connectivity index (χ1) is 9.15. The number of nitrogens with one attached hydrogen (secondary N) is 2. The summed E-state index contributed by atoms with van der Waals surface area (Å²) in [6.07, 6.45) is -5.64. The summed E-state index contributed by atoms with van der Waals surface area (Å²) in [6.45, 7) is 0.0447. The van der Waals surface area contributed by atoms with E-state index in [2.05, 4.69) is 26.0 Å². The zero-order valence-corrected chi connectivity index (χ0v) is 13.0. The highest BCUT2D eigenvalue weighted by Crippen LogP contribution is 2.26. The lowest BCUT2D eigenvalue weighted by molar-refractivity contribution is -0.135. The van der Waals surface area contributed by atoms with Crippen molar-refractivity contribution in [3.8, 4) is 0 Å². The van der Waals surface area contributed by atoms with Crippen LogP contribution in [-0.2, 0) is 16.6 Å². The van der Waals surface area contributed by atoms with Gasteiger partial charge in [-0.15, -0.1) is 0 Å². The van der Waals surface area contributed by atoms with Crippen LogP contribution in [0.3, 0.4) is 0 Å². The largest absolute Gasteiger partial charge is 0.452 e. The Morgan fingerprint density at radius 3 is 2.60 bits per heavy atom. The van der Waals surface area contributed by atoms with Gasteiger partial charge >= 0.3 is 6.18 Å². The van der Waals surface area contributed by atoms with Crippen molar-refractivity contribution < 1.29 is 26.0 Å². The molecule has 10 heteroatoms. The quantitative estimate of drug-likeness (QED) is 0.714. The maximum absolute atomic E-state index is 11.9. The Hall–Kier alpha value is -0.580. The zero-order valence-electron chi connectivity index (χ0n) is 10.6. The summed E-state index contributed by atoms with van der Waals surface area (Å²) in [5.41, 5.74) is 0. The molecule has 0 aliphatic rings. The molecule has 0 saturated heterocycles. The molecule has 0 radical (unpaired) electrons. The highest BCUT2D eigenvalue weighted by Gasteiger charge is 2.27. The summed E-state index contributed by atoms with van der Waals surface area (Å²) in [7, 11) is -2.23. The molecule has 116 valence electrons. The van der Waals surface area contributed by atoms with Crippen molar-refractivity contribution in [2.75, 3.05) is 13.6 Å². The molecule has 1 aromatic heterocycles. The van der Waals surface area contributed by atoms with Crippen LogP contribution < -0.4 is 10.0 Å². The fraction of sp³-hybridized carbons (Fsp3) is 0.600. The number of alkyl halides is 3. The Balaban J connectivity index is 2.64. The smallest absolute Gasteiger partial charge is 0.389 e. The molecule has 2 N–H and O–H groups in total. The van der Waals surface area contributed by atoms with Crippen molar-refractivity contribution in [2.24, 2.45) is 0 Å². The predicted octanol–water partition coefficient (Wildman–Crippen LogP) is 2.38. The topological polar surface area (TPSA) is 71.3 Å². The number of hydrogen-bond donors (Lipinski definition) is 2. The molecule has 0 fully saturated rings. The van der Waals surface area contributed by atoms with E-state index in [9.17, 15) is 21.6 Å². The summed E-state index contributed by atoms with van der Waals surface area (Å²) >= 11 is 2.97. The fourth-order valence-corrected chi connectivity index (χ4v) is 3.49. The highest BCUT2D eigenvalue weighted by atomic mass is 79.9. The summed E-state index contributed by atoms with van der Waals surface area (Å²) in [5.74, 6) is 0.398. The second-order valence-electron chi connectivity index (χ2n) is 4.00. The maximum atomic E-state index is 11.9. The molecular formula is C10H14BrF3N2O3S. The molecule has 5 nitrogen and oxygen atoms in total. The van der Waals surface area contributed by atoms with Gasteiger partial charge in [-0.2, -0.15) is 13.2 Å². The van der Waals surface area contributed by atoms with Gasteiger partial charge in [0.1, 0.15) is 10.7 Å². The first kappa shape index (κ1) is 17.5. The molecule has 1 aromatic rings. The highest BCUT2D eigenvalue weighted by molar-refractivity contribution is 9.10. The third-order valence-electron chi connectivity index (χ3n) is 2.28. The van der Waals surface area contributed by atoms with Crippen molar-refractivity contribution >= 4 is 26.0 Å². The first-order valence-corrected chi connectivity index (χ1v) is 7.92. The molecule has 0 bridgehead atoms. The zero-order chi connectivity index (χ0) is 15.4. The lowest BCUT2D eigenvalue weighted by atomic mass is 10.3. The SMILES string of the molecule is CNCc1cc(S(=O)(=O)NCCCC(F)(F)F)c(Br)o1. The van der Waals surface area contributed by atoms with Gasteiger partial charge in [0.2, 0.25) is 10.0 Å². The molecule has 1 heterocycles. The van der Waals surface area contributed by atoms with Gasteiger partial charge in [-0.1, -0.05) is 0 Å². The molecule has 0 spiro atoms. The summed E-state index contributed by atoms with van der Waals surface area (Å²) in [6, 6.07) is 1.31. The van der Waals surface area contributed by atoms with Gasteiger partial charge in [-0.3, -0.25) is 0 Å². The van der Waals surface area contributed by atoms with E-state index in [0.717, 1.165) is 0 Å². The Morgan fingerprint density at radius 2 is 2.05 bits per heavy atom. The number of furan rings is 1. The fourth-order valence-electron chi connectivity index (χ4n) is 1.42. The number of sulfonamides is 1. The number of hydrogen-bond acceptors (Lipinski definition) is 4. The van der Waals surface area contributed by atoms with E-state index in [1.165, 1.54) is 6.07 Å². The Morgan fingerprint density at radius 1 is 1.40 bits per heavy atom. The second kappa shape index (κ2) is 6.92. The van der Waals surface area contributed by atoms with Crippen LogP contribution in [0.5, 0.6) is 0 Å². The van der Waals surface area contributed by atoms with E-state index in [4.69, 9.17) is 4.42 Å². The molecule has 1 rings (SSSR count). The molecule has 20 heavy (non-hydrogen) atoms. The summed E-state index contributed by atoms with van der Waals surface area (Å²) in [4.78, 5) is -0.130. The minimum absolute atomic E-state index is 0.0195. The minimum atomic E-state index is -4.29. The van der Waals surface area contributed by atoms with Gasteiger partial charge in [0.15, 0.2) is 4.67 Å². The molecular weight excluding hydrogens is 365 g/mol. The minimum Gasteiger partial charge on any atom is -0.452 e. The lowest BCUT2D eigenvalue weighted by Gasteiger charge is -2.07. The second-order valence-corrected chi connectivity index (χ2v) is 6.45. The van der Waals surface area contributed by atoms with Crippen LogP contribution in [0.2, 0.25) is 0 Å². The average Bonchev–Trinajstić information content (AvgIpc) is 2.66. The molecule has 0 atom stereocenters.